The minimum atomic E-state index is -0.264. The molecule has 1 unspecified atom stereocenters. The van der Waals surface area contributed by atoms with Crippen molar-refractivity contribution in [2.24, 2.45) is 5.92 Å². The van der Waals surface area contributed by atoms with Gasteiger partial charge in [-0.2, -0.15) is 0 Å². The monoisotopic (exact) mass is 363 g/mol. The summed E-state index contributed by atoms with van der Waals surface area (Å²) in [5, 5.41) is 3.15. The van der Waals surface area contributed by atoms with Crippen LogP contribution in [0.3, 0.4) is 0 Å². The van der Waals surface area contributed by atoms with E-state index >= 15 is 0 Å². The number of benzene rings is 1. The zero-order chi connectivity index (χ0) is 18.3. The Hall–Kier alpha value is -2.40. The molecular weight excluding hydrogens is 338 g/mol. The molecule has 1 aromatic heterocycles. The molecule has 0 spiro atoms. The van der Waals surface area contributed by atoms with Gasteiger partial charge in [-0.25, -0.2) is 4.79 Å². The molecule has 5 nitrogen and oxygen atoms in total. The predicted octanol–water partition coefficient (Wildman–Crippen LogP) is 3.56. The summed E-state index contributed by atoms with van der Waals surface area (Å²) >= 11 is 0. The molecule has 1 atom stereocenters. The number of fused-ring (bicyclic) bond motifs is 3. The summed E-state index contributed by atoms with van der Waals surface area (Å²) in [6.45, 7) is 3.20. The Kier molecular flexibility index (Phi) is 4.12. The van der Waals surface area contributed by atoms with Crippen LogP contribution >= 0.6 is 0 Å². The third-order valence-electron chi connectivity index (χ3n) is 6.34. The fourth-order valence-electron chi connectivity index (χ4n) is 4.51. The fraction of sp³-hybridized carbons (Fsp3) is 0.455. The van der Waals surface area contributed by atoms with Crippen LogP contribution in [-0.4, -0.2) is 41.7 Å². The van der Waals surface area contributed by atoms with E-state index in [1.165, 1.54) is 0 Å². The molecule has 2 aromatic rings. The van der Waals surface area contributed by atoms with Crippen molar-refractivity contribution in [1.82, 2.24) is 15.2 Å². The lowest BCUT2D eigenvalue weighted by atomic mass is 9.86. The van der Waals surface area contributed by atoms with Crippen LogP contribution in [0, 0.1) is 5.92 Å². The SMILES string of the molecule is O=C(NC1(c2ccc(-c3ccccn3)cc2)CC1)OC1CN2CCC1CC2. The highest BCUT2D eigenvalue weighted by atomic mass is 16.6. The van der Waals surface area contributed by atoms with Gasteiger partial charge in [-0.3, -0.25) is 9.88 Å². The molecule has 1 amide bonds. The molecule has 140 valence electrons. The van der Waals surface area contributed by atoms with Gasteiger partial charge in [-0.15, -0.1) is 0 Å². The number of hydrogen-bond donors (Lipinski definition) is 1. The van der Waals surface area contributed by atoms with Crippen molar-refractivity contribution < 1.29 is 9.53 Å². The number of aromatic nitrogens is 1. The standard InChI is InChI=1S/C22H25N3O2/c26-21(27-20-15-25-13-8-17(20)9-14-25)24-22(10-11-22)18-6-4-16(5-7-18)19-3-1-2-12-23-19/h1-7,12,17,20H,8-11,13-15H2,(H,24,26). The number of amides is 1. The third-order valence-corrected chi connectivity index (χ3v) is 6.34. The molecule has 4 aliphatic rings. The second-order valence-electron chi connectivity index (χ2n) is 8.08. The van der Waals surface area contributed by atoms with Crippen LogP contribution < -0.4 is 5.32 Å². The zero-order valence-corrected chi connectivity index (χ0v) is 15.4. The summed E-state index contributed by atoms with van der Waals surface area (Å²) in [5.74, 6) is 0.536. The van der Waals surface area contributed by atoms with E-state index in [-0.39, 0.29) is 17.7 Å². The number of carbonyl (C=O) groups excluding carboxylic acids is 1. The number of piperidine rings is 3. The summed E-state index contributed by atoms with van der Waals surface area (Å²) in [4.78, 5) is 19.3. The van der Waals surface area contributed by atoms with Gasteiger partial charge in [-0.1, -0.05) is 30.3 Å². The molecule has 5 heteroatoms. The average Bonchev–Trinajstić information content (AvgIpc) is 3.50. The van der Waals surface area contributed by atoms with Crippen LogP contribution in [0.25, 0.3) is 11.3 Å². The molecule has 3 aliphatic heterocycles. The number of pyridine rings is 1. The summed E-state index contributed by atoms with van der Waals surface area (Å²) in [6.07, 6.45) is 5.82. The molecular formula is C22H25N3O2. The van der Waals surface area contributed by atoms with Crippen molar-refractivity contribution >= 4 is 6.09 Å². The van der Waals surface area contributed by atoms with Crippen molar-refractivity contribution in [2.75, 3.05) is 19.6 Å². The summed E-state index contributed by atoms with van der Waals surface area (Å²) in [7, 11) is 0. The number of alkyl carbamates (subject to hydrolysis) is 1. The molecule has 4 fully saturated rings. The van der Waals surface area contributed by atoms with E-state index in [1.54, 1.807) is 6.20 Å². The average molecular weight is 363 g/mol. The van der Waals surface area contributed by atoms with Gasteiger partial charge in [0.05, 0.1) is 11.2 Å². The van der Waals surface area contributed by atoms with Crippen LogP contribution in [0.1, 0.15) is 31.2 Å². The fourth-order valence-corrected chi connectivity index (χ4v) is 4.51. The smallest absolute Gasteiger partial charge is 0.408 e. The molecule has 1 aliphatic carbocycles. The van der Waals surface area contributed by atoms with Crippen LogP contribution in [0.4, 0.5) is 4.79 Å². The Bertz CT molecular complexity index is 809. The van der Waals surface area contributed by atoms with Crippen LogP contribution in [-0.2, 0) is 10.3 Å². The lowest BCUT2D eigenvalue weighted by molar-refractivity contribution is -0.0342. The van der Waals surface area contributed by atoms with Gasteiger partial charge in [0, 0.05) is 18.3 Å². The molecule has 27 heavy (non-hydrogen) atoms. The molecule has 1 saturated carbocycles. The third kappa shape index (κ3) is 3.32. The predicted molar refractivity (Wildman–Crippen MR) is 103 cm³/mol. The van der Waals surface area contributed by atoms with Gasteiger partial charge in [-0.05, 0) is 62.4 Å². The van der Waals surface area contributed by atoms with Gasteiger partial charge < -0.3 is 10.1 Å². The molecule has 4 heterocycles. The summed E-state index contributed by atoms with van der Waals surface area (Å²) in [6, 6.07) is 14.3. The van der Waals surface area contributed by atoms with Gasteiger partial charge in [0.2, 0.25) is 0 Å². The van der Waals surface area contributed by atoms with Crippen molar-refractivity contribution in [3.8, 4) is 11.3 Å². The number of nitrogens with zero attached hydrogens (tertiary/aromatic N) is 2. The lowest BCUT2D eigenvalue weighted by Crippen LogP contribution is -2.53. The summed E-state index contributed by atoms with van der Waals surface area (Å²) < 4.78 is 5.81. The number of carbonyl (C=O) groups is 1. The Labute approximate surface area is 159 Å². The Balaban J connectivity index is 1.24. The van der Waals surface area contributed by atoms with Crippen LogP contribution in [0.2, 0.25) is 0 Å². The van der Waals surface area contributed by atoms with Crippen LogP contribution in [0.15, 0.2) is 48.7 Å². The van der Waals surface area contributed by atoms with Crippen molar-refractivity contribution in [1.29, 1.82) is 0 Å². The van der Waals surface area contributed by atoms with E-state index in [1.807, 2.05) is 18.2 Å². The second kappa shape index (κ2) is 6.64. The first-order chi connectivity index (χ1) is 13.2. The van der Waals surface area contributed by atoms with E-state index in [9.17, 15) is 4.79 Å². The van der Waals surface area contributed by atoms with E-state index in [4.69, 9.17) is 4.74 Å². The minimum absolute atomic E-state index is 0.0508. The molecule has 6 rings (SSSR count). The molecule has 1 N–H and O–H groups in total. The van der Waals surface area contributed by atoms with Gasteiger partial charge in [0.15, 0.2) is 0 Å². The van der Waals surface area contributed by atoms with E-state index in [2.05, 4.69) is 39.5 Å². The highest BCUT2D eigenvalue weighted by molar-refractivity contribution is 5.70. The largest absolute Gasteiger partial charge is 0.445 e. The first kappa shape index (κ1) is 16.8. The normalized spacial score (nSPS) is 27.8. The van der Waals surface area contributed by atoms with Crippen LogP contribution in [0.5, 0.6) is 0 Å². The zero-order valence-electron chi connectivity index (χ0n) is 15.4. The maximum atomic E-state index is 12.5. The van der Waals surface area contributed by atoms with E-state index in [0.29, 0.717) is 5.92 Å². The van der Waals surface area contributed by atoms with Gasteiger partial charge in [0.1, 0.15) is 6.10 Å². The Morgan fingerprint density at radius 3 is 2.48 bits per heavy atom. The number of nitrogens with one attached hydrogen (secondary N) is 1. The maximum Gasteiger partial charge on any atom is 0.408 e. The quantitative estimate of drug-likeness (QED) is 0.902. The lowest BCUT2D eigenvalue weighted by Gasteiger charge is -2.44. The van der Waals surface area contributed by atoms with Crippen molar-refractivity contribution in [2.45, 2.75) is 37.3 Å². The van der Waals surface area contributed by atoms with Gasteiger partial charge >= 0.3 is 6.09 Å². The molecule has 2 bridgehead atoms. The minimum Gasteiger partial charge on any atom is -0.445 e. The molecule has 0 radical (unpaired) electrons. The number of rotatable bonds is 4. The molecule has 1 aromatic carbocycles. The number of hydrogen-bond acceptors (Lipinski definition) is 4. The second-order valence-corrected chi connectivity index (χ2v) is 8.08. The first-order valence-corrected chi connectivity index (χ1v) is 9.95. The Morgan fingerprint density at radius 2 is 1.89 bits per heavy atom. The van der Waals surface area contributed by atoms with Crippen molar-refractivity contribution in [3.05, 3.63) is 54.2 Å². The summed E-state index contributed by atoms with van der Waals surface area (Å²) in [5.41, 5.74) is 2.94. The Morgan fingerprint density at radius 1 is 1.11 bits per heavy atom. The maximum absolute atomic E-state index is 12.5. The highest BCUT2D eigenvalue weighted by Crippen LogP contribution is 2.46. The number of ether oxygens (including phenoxy) is 1. The van der Waals surface area contributed by atoms with E-state index < -0.39 is 0 Å². The highest BCUT2D eigenvalue weighted by Gasteiger charge is 2.47. The topological polar surface area (TPSA) is 54.5 Å². The van der Waals surface area contributed by atoms with E-state index in [0.717, 1.165) is 62.1 Å². The molecule has 3 saturated heterocycles. The van der Waals surface area contributed by atoms with Crippen molar-refractivity contribution in [3.63, 3.8) is 0 Å². The first-order valence-electron chi connectivity index (χ1n) is 9.95. The van der Waals surface area contributed by atoms with Gasteiger partial charge in [0.25, 0.3) is 0 Å².